The van der Waals surface area contributed by atoms with Crippen molar-refractivity contribution in [2.24, 2.45) is 0 Å². The number of carbonyl (C=O) groups excluding carboxylic acids is 1. The highest BCUT2D eigenvalue weighted by Gasteiger charge is 2.11. The molecular formula is C21H16OS. The molecule has 0 aromatic heterocycles. The average molecular weight is 316 g/mol. The first kappa shape index (κ1) is 15.3. The molecule has 0 aliphatic rings. The molecule has 0 spiro atoms. The summed E-state index contributed by atoms with van der Waals surface area (Å²) in [6.45, 7) is 3.94. The first-order valence-electron chi connectivity index (χ1n) is 7.36. The van der Waals surface area contributed by atoms with Crippen molar-refractivity contribution in [2.45, 2.75) is 9.79 Å². The third-order valence-electron chi connectivity index (χ3n) is 3.49. The van der Waals surface area contributed by atoms with Crippen LogP contribution in [0.1, 0.15) is 15.9 Å². The van der Waals surface area contributed by atoms with Crippen molar-refractivity contribution in [3.8, 4) is 0 Å². The fourth-order valence-corrected chi connectivity index (χ4v) is 3.08. The highest BCUT2D eigenvalue weighted by atomic mass is 32.2. The van der Waals surface area contributed by atoms with Gasteiger partial charge >= 0.3 is 0 Å². The summed E-state index contributed by atoms with van der Waals surface area (Å²) in [5, 5.41) is 0. The van der Waals surface area contributed by atoms with Crippen LogP contribution in [0.5, 0.6) is 0 Å². The lowest BCUT2D eigenvalue weighted by Crippen LogP contribution is -2.01. The monoisotopic (exact) mass is 316 g/mol. The quantitative estimate of drug-likeness (QED) is 0.441. The number of rotatable bonds is 5. The van der Waals surface area contributed by atoms with E-state index in [1.807, 2.05) is 72.8 Å². The topological polar surface area (TPSA) is 17.1 Å². The molecule has 0 aliphatic carbocycles. The Labute approximate surface area is 140 Å². The van der Waals surface area contributed by atoms with Crippen molar-refractivity contribution in [3.05, 3.63) is 103 Å². The van der Waals surface area contributed by atoms with E-state index in [4.69, 9.17) is 0 Å². The number of benzene rings is 3. The summed E-state index contributed by atoms with van der Waals surface area (Å²) >= 11 is 1.68. The Morgan fingerprint density at radius 1 is 0.652 bits per heavy atom. The van der Waals surface area contributed by atoms with Gasteiger partial charge in [0.2, 0.25) is 0 Å². The van der Waals surface area contributed by atoms with Crippen LogP contribution in [-0.4, -0.2) is 5.78 Å². The van der Waals surface area contributed by atoms with Gasteiger partial charge in [0.25, 0.3) is 0 Å². The Balaban J connectivity index is 1.74. The first-order valence-corrected chi connectivity index (χ1v) is 8.18. The van der Waals surface area contributed by atoms with Gasteiger partial charge in [-0.3, -0.25) is 4.79 Å². The van der Waals surface area contributed by atoms with Crippen molar-refractivity contribution in [1.82, 2.24) is 0 Å². The van der Waals surface area contributed by atoms with Crippen molar-refractivity contribution >= 4 is 23.1 Å². The Kier molecular flexibility index (Phi) is 4.74. The van der Waals surface area contributed by atoms with E-state index in [2.05, 4.69) is 18.7 Å². The SMILES string of the molecule is C=C(C(=O)c1ccc(Sc2ccccc2)cc1)c1ccccc1. The summed E-state index contributed by atoms with van der Waals surface area (Å²) in [4.78, 5) is 14.8. The lowest BCUT2D eigenvalue weighted by Gasteiger charge is -2.06. The van der Waals surface area contributed by atoms with E-state index in [0.29, 0.717) is 11.1 Å². The molecule has 0 unspecified atom stereocenters. The van der Waals surface area contributed by atoms with Crippen LogP contribution < -0.4 is 0 Å². The van der Waals surface area contributed by atoms with Crippen LogP contribution in [0.3, 0.4) is 0 Å². The number of Topliss-reactive ketones (excluding diaryl/α,β-unsaturated/α-hetero) is 1. The number of carbonyl (C=O) groups is 1. The summed E-state index contributed by atoms with van der Waals surface area (Å²) < 4.78 is 0. The average Bonchev–Trinajstić information content (AvgIpc) is 2.63. The number of ketones is 1. The van der Waals surface area contributed by atoms with Crippen molar-refractivity contribution in [2.75, 3.05) is 0 Å². The van der Waals surface area contributed by atoms with Gasteiger partial charge in [0.15, 0.2) is 5.78 Å². The molecule has 112 valence electrons. The van der Waals surface area contributed by atoms with Gasteiger partial charge in [-0.05, 0) is 42.0 Å². The molecule has 3 aromatic rings. The predicted molar refractivity (Wildman–Crippen MR) is 96.8 cm³/mol. The van der Waals surface area contributed by atoms with Gasteiger partial charge < -0.3 is 0 Å². The minimum atomic E-state index is -0.0348. The second-order valence-corrected chi connectivity index (χ2v) is 6.26. The maximum Gasteiger partial charge on any atom is 0.193 e. The third kappa shape index (κ3) is 3.79. The largest absolute Gasteiger partial charge is 0.289 e. The summed E-state index contributed by atoms with van der Waals surface area (Å²) in [5.74, 6) is -0.0348. The van der Waals surface area contributed by atoms with E-state index in [9.17, 15) is 4.79 Å². The van der Waals surface area contributed by atoms with Crippen LogP contribution in [0.4, 0.5) is 0 Å². The Bertz CT molecular complexity index is 805. The molecule has 0 N–H and O–H groups in total. The zero-order valence-corrected chi connectivity index (χ0v) is 13.4. The normalized spacial score (nSPS) is 10.3. The molecule has 0 heterocycles. The molecule has 0 saturated carbocycles. The molecule has 0 atom stereocenters. The van der Waals surface area contributed by atoms with Gasteiger partial charge in [-0.15, -0.1) is 0 Å². The summed E-state index contributed by atoms with van der Waals surface area (Å²) in [6, 6.07) is 27.4. The summed E-state index contributed by atoms with van der Waals surface area (Å²) in [6.07, 6.45) is 0. The van der Waals surface area contributed by atoms with E-state index in [1.165, 1.54) is 4.90 Å². The van der Waals surface area contributed by atoms with E-state index >= 15 is 0 Å². The Morgan fingerprint density at radius 2 is 1.17 bits per heavy atom. The molecule has 23 heavy (non-hydrogen) atoms. The maximum absolute atomic E-state index is 12.5. The van der Waals surface area contributed by atoms with Crippen LogP contribution in [0.15, 0.2) is 101 Å². The maximum atomic E-state index is 12.5. The Hall–Kier alpha value is -2.58. The number of allylic oxidation sites excluding steroid dienone is 1. The highest BCUT2D eigenvalue weighted by molar-refractivity contribution is 7.99. The molecule has 0 bridgehead atoms. The molecule has 3 aromatic carbocycles. The van der Waals surface area contributed by atoms with Crippen LogP contribution in [0, 0.1) is 0 Å². The van der Waals surface area contributed by atoms with E-state index in [0.717, 1.165) is 10.5 Å². The lowest BCUT2D eigenvalue weighted by molar-refractivity contribution is 0.105. The highest BCUT2D eigenvalue weighted by Crippen LogP contribution is 2.28. The molecular weight excluding hydrogens is 300 g/mol. The fourth-order valence-electron chi connectivity index (χ4n) is 2.24. The number of hydrogen-bond acceptors (Lipinski definition) is 2. The van der Waals surface area contributed by atoms with Crippen molar-refractivity contribution in [1.29, 1.82) is 0 Å². The lowest BCUT2D eigenvalue weighted by atomic mass is 9.98. The molecule has 0 fully saturated rings. The van der Waals surface area contributed by atoms with Crippen LogP contribution in [0.25, 0.3) is 5.57 Å². The Morgan fingerprint density at radius 3 is 1.78 bits per heavy atom. The van der Waals surface area contributed by atoms with Gasteiger partial charge in [-0.2, -0.15) is 0 Å². The van der Waals surface area contributed by atoms with E-state index in [1.54, 1.807) is 11.8 Å². The summed E-state index contributed by atoms with van der Waals surface area (Å²) in [5.41, 5.74) is 2.05. The van der Waals surface area contributed by atoms with Gasteiger partial charge in [0.1, 0.15) is 0 Å². The van der Waals surface area contributed by atoms with E-state index in [-0.39, 0.29) is 5.78 Å². The van der Waals surface area contributed by atoms with E-state index < -0.39 is 0 Å². The third-order valence-corrected chi connectivity index (χ3v) is 4.51. The number of hydrogen-bond donors (Lipinski definition) is 0. The second-order valence-electron chi connectivity index (χ2n) is 5.11. The van der Waals surface area contributed by atoms with Crippen LogP contribution >= 0.6 is 11.8 Å². The molecule has 0 radical (unpaired) electrons. The van der Waals surface area contributed by atoms with Gasteiger partial charge in [0, 0.05) is 20.9 Å². The minimum Gasteiger partial charge on any atom is -0.289 e. The fraction of sp³-hybridized carbons (Fsp3) is 0. The van der Waals surface area contributed by atoms with Gasteiger partial charge in [-0.1, -0.05) is 66.9 Å². The van der Waals surface area contributed by atoms with Crippen LogP contribution in [-0.2, 0) is 0 Å². The van der Waals surface area contributed by atoms with Gasteiger partial charge in [0.05, 0.1) is 0 Å². The first-order chi connectivity index (χ1) is 11.2. The predicted octanol–water partition coefficient (Wildman–Crippen LogP) is 5.73. The van der Waals surface area contributed by atoms with Crippen molar-refractivity contribution in [3.63, 3.8) is 0 Å². The summed E-state index contributed by atoms with van der Waals surface area (Å²) in [7, 11) is 0. The van der Waals surface area contributed by atoms with Gasteiger partial charge in [-0.25, -0.2) is 0 Å². The molecule has 2 heteroatoms. The second kappa shape index (κ2) is 7.12. The molecule has 0 saturated heterocycles. The zero-order chi connectivity index (χ0) is 16.1. The molecule has 0 aliphatic heterocycles. The molecule has 1 nitrogen and oxygen atoms in total. The van der Waals surface area contributed by atoms with Crippen LogP contribution in [0.2, 0.25) is 0 Å². The van der Waals surface area contributed by atoms with Crippen molar-refractivity contribution < 1.29 is 4.79 Å². The molecule has 3 rings (SSSR count). The zero-order valence-electron chi connectivity index (χ0n) is 12.6. The minimum absolute atomic E-state index is 0.0348. The molecule has 0 amide bonds. The smallest absolute Gasteiger partial charge is 0.193 e. The standard InChI is InChI=1S/C21H16OS/c1-16(17-8-4-2-5-9-17)21(22)18-12-14-20(15-13-18)23-19-10-6-3-7-11-19/h2-15H,1H2.